The van der Waals surface area contributed by atoms with Crippen LogP contribution in [0.1, 0.15) is 29.8 Å². The maximum atomic E-state index is 11.8. The Hall–Kier alpha value is -2.63. The molecule has 0 unspecified atom stereocenters. The van der Waals surface area contributed by atoms with Gasteiger partial charge in [0, 0.05) is 17.8 Å². The molecule has 0 aliphatic rings. The van der Waals surface area contributed by atoms with Gasteiger partial charge in [0.1, 0.15) is 5.75 Å². The summed E-state index contributed by atoms with van der Waals surface area (Å²) in [5.74, 6) is 1.10. The second kappa shape index (κ2) is 8.12. The quantitative estimate of drug-likeness (QED) is 0.607. The average molecular weight is 314 g/mol. The van der Waals surface area contributed by atoms with Crippen LogP contribution in [0.3, 0.4) is 0 Å². The summed E-state index contributed by atoms with van der Waals surface area (Å²) in [6.45, 7) is 6.27. The van der Waals surface area contributed by atoms with Crippen LogP contribution in [0.25, 0.3) is 0 Å². The number of carbonyl (C=O) groups is 1. The molecule has 2 rings (SSSR count). The van der Waals surface area contributed by atoms with Crippen molar-refractivity contribution in [3.63, 3.8) is 0 Å². The molecule has 1 heterocycles. The van der Waals surface area contributed by atoms with Crippen LogP contribution in [-0.4, -0.2) is 22.5 Å². The molecule has 0 fully saturated rings. The fourth-order valence-electron chi connectivity index (χ4n) is 2.10. The van der Waals surface area contributed by atoms with Gasteiger partial charge < -0.3 is 4.74 Å². The maximum absolute atomic E-state index is 11.8. The highest BCUT2D eigenvalue weighted by Gasteiger charge is 2.03. The lowest BCUT2D eigenvalue weighted by atomic mass is 10.2. The zero-order valence-electron chi connectivity index (χ0n) is 13.7. The molecule has 0 atom stereocenters. The van der Waals surface area contributed by atoms with Crippen molar-refractivity contribution >= 4 is 11.9 Å². The number of nitrogens with zero attached hydrogens (tertiary/aromatic N) is 2. The summed E-state index contributed by atoms with van der Waals surface area (Å²) in [7, 11) is 0. The van der Waals surface area contributed by atoms with Gasteiger partial charge in [0.05, 0.1) is 6.61 Å². The Morgan fingerprint density at radius 3 is 2.57 bits per heavy atom. The standard InChI is InChI=1S/C17H22N4O2/c1-12-6-4-7-15(10-12)23-9-5-8-16(22)20-21-17-18-13(2)11-14(3)19-17/h4,6-7,10-11H,5,8-9H2,1-3H3,(H,20,22)(H,18,19,21). The zero-order chi connectivity index (χ0) is 16.7. The van der Waals surface area contributed by atoms with Gasteiger partial charge in [-0.2, -0.15) is 0 Å². The second-order valence-electron chi connectivity index (χ2n) is 5.42. The molecule has 0 spiro atoms. The summed E-state index contributed by atoms with van der Waals surface area (Å²) in [5, 5.41) is 0. The van der Waals surface area contributed by atoms with Gasteiger partial charge in [-0.15, -0.1) is 0 Å². The summed E-state index contributed by atoms with van der Waals surface area (Å²) < 4.78 is 5.61. The first kappa shape index (κ1) is 16.7. The number of aryl methyl sites for hydroxylation is 3. The van der Waals surface area contributed by atoms with Gasteiger partial charge in [0.15, 0.2) is 0 Å². The average Bonchev–Trinajstić information content (AvgIpc) is 2.49. The molecule has 1 aromatic carbocycles. The molecule has 0 saturated heterocycles. The van der Waals surface area contributed by atoms with Crippen molar-refractivity contribution in [2.24, 2.45) is 0 Å². The highest BCUT2D eigenvalue weighted by molar-refractivity contribution is 5.76. The van der Waals surface area contributed by atoms with E-state index in [-0.39, 0.29) is 5.91 Å². The smallest absolute Gasteiger partial charge is 0.242 e. The van der Waals surface area contributed by atoms with Gasteiger partial charge in [0.2, 0.25) is 11.9 Å². The summed E-state index contributed by atoms with van der Waals surface area (Å²) >= 11 is 0. The van der Waals surface area contributed by atoms with Crippen LogP contribution in [0.5, 0.6) is 5.75 Å². The molecule has 1 aromatic heterocycles. The van der Waals surface area contributed by atoms with Crippen molar-refractivity contribution in [2.45, 2.75) is 33.6 Å². The molecule has 2 aromatic rings. The van der Waals surface area contributed by atoms with Crippen molar-refractivity contribution in [2.75, 3.05) is 12.0 Å². The molecular formula is C17H22N4O2. The van der Waals surface area contributed by atoms with E-state index in [9.17, 15) is 4.79 Å². The van der Waals surface area contributed by atoms with Gasteiger partial charge in [-0.25, -0.2) is 9.97 Å². The van der Waals surface area contributed by atoms with E-state index in [0.717, 1.165) is 22.7 Å². The van der Waals surface area contributed by atoms with Gasteiger partial charge in [0.25, 0.3) is 0 Å². The van der Waals surface area contributed by atoms with Crippen LogP contribution < -0.4 is 15.6 Å². The number of ether oxygens (including phenoxy) is 1. The highest BCUT2D eigenvalue weighted by Crippen LogP contribution is 2.12. The second-order valence-corrected chi connectivity index (χ2v) is 5.42. The van der Waals surface area contributed by atoms with Crippen molar-refractivity contribution in [3.8, 4) is 5.75 Å². The Labute approximate surface area is 136 Å². The summed E-state index contributed by atoms with van der Waals surface area (Å²) in [4.78, 5) is 20.1. The number of rotatable bonds is 7. The minimum Gasteiger partial charge on any atom is -0.494 e. The summed E-state index contributed by atoms with van der Waals surface area (Å²) in [5.41, 5.74) is 8.17. The first-order valence-corrected chi connectivity index (χ1v) is 7.59. The molecule has 1 amide bonds. The topological polar surface area (TPSA) is 76.1 Å². The normalized spacial score (nSPS) is 10.2. The molecule has 6 heteroatoms. The van der Waals surface area contributed by atoms with E-state index >= 15 is 0 Å². The fourth-order valence-corrected chi connectivity index (χ4v) is 2.10. The first-order valence-electron chi connectivity index (χ1n) is 7.59. The van der Waals surface area contributed by atoms with Crippen molar-refractivity contribution in [3.05, 3.63) is 47.3 Å². The van der Waals surface area contributed by atoms with Gasteiger partial charge in [-0.05, 0) is 51.0 Å². The van der Waals surface area contributed by atoms with Gasteiger partial charge >= 0.3 is 0 Å². The molecule has 122 valence electrons. The molecule has 6 nitrogen and oxygen atoms in total. The fraction of sp³-hybridized carbons (Fsp3) is 0.353. The Morgan fingerprint density at radius 2 is 1.87 bits per heavy atom. The number of hydrogen-bond donors (Lipinski definition) is 2. The molecule has 0 aliphatic carbocycles. The van der Waals surface area contributed by atoms with E-state index in [4.69, 9.17) is 4.74 Å². The van der Waals surface area contributed by atoms with Crippen molar-refractivity contribution < 1.29 is 9.53 Å². The molecule has 0 bridgehead atoms. The van der Waals surface area contributed by atoms with Crippen LogP contribution in [0.2, 0.25) is 0 Å². The number of nitrogens with one attached hydrogen (secondary N) is 2. The highest BCUT2D eigenvalue weighted by atomic mass is 16.5. The zero-order valence-corrected chi connectivity index (χ0v) is 13.7. The van der Waals surface area contributed by atoms with E-state index in [0.29, 0.717) is 25.4 Å². The van der Waals surface area contributed by atoms with E-state index in [1.165, 1.54) is 0 Å². The van der Waals surface area contributed by atoms with E-state index in [1.807, 2.05) is 51.1 Å². The Balaban J connectivity index is 1.67. The van der Waals surface area contributed by atoms with Crippen molar-refractivity contribution in [1.82, 2.24) is 15.4 Å². The van der Waals surface area contributed by atoms with Gasteiger partial charge in [-0.3, -0.25) is 15.6 Å². The minimum absolute atomic E-state index is 0.124. The number of hydrogen-bond acceptors (Lipinski definition) is 5. The lowest BCUT2D eigenvalue weighted by Gasteiger charge is -2.09. The Morgan fingerprint density at radius 1 is 1.13 bits per heavy atom. The molecule has 23 heavy (non-hydrogen) atoms. The molecule has 0 saturated carbocycles. The number of benzene rings is 1. The number of aromatic nitrogens is 2. The maximum Gasteiger partial charge on any atom is 0.242 e. The number of hydrazine groups is 1. The predicted octanol–water partition coefficient (Wildman–Crippen LogP) is 2.70. The lowest BCUT2D eigenvalue weighted by Crippen LogP contribution is -2.30. The molecule has 0 aliphatic heterocycles. The molecular weight excluding hydrogens is 292 g/mol. The summed E-state index contributed by atoms with van der Waals surface area (Å²) in [6, 6.07) is 9.72. The third kappa shape index (κ3) is 5.94. The third-order valence-electron chi connectivity index (χ3n) is 3.10. The van der Waals surface area contributed by atoms with Gasteiger partial charge in [-0.1, -0.05) is 12.1 Å². The minimum atomic E-state index is -0.124. The first-order chi connectivity index (χ1) is 11.0. The lowest BCUT2D eigenvalue weighted by molar-refractivity contribution is -0.120. The monoisotopic (exact) mass is 314 g/mol. The Kier molecular flexibility index (Phi) is 5.91. The molecule has 2 N–H and O–H groups in total. The van der Waals surface area contributed by atoms with Crippen LogP contribution in [0.15, 0.2) is 30.3 Å². The van der Waals surface area contributed by atoms with E-state index in [1.54, 1.807) is 0 Å². The van der Waals surface area contributed by atoms with Crippen LogP contribution in [0.4, 0.5) is 5.95 Å². The SMILES string of the molecule is Cc1cccc(OCCCC(=O)NNc2nc(C)cc(C)n2)c1. The third-order valence-corrected chi connectivity index (χ3v) is 3.10. The summed E-state index contributed by atoms with van der Waals surface area (Å²) in [6.07, 6.45) is 0.999. The molecule has 0 radical (unpaired) electrons. The predicted molar refractivity (Wildman–Crippen MR) is 89.2 cm³/mol. The largest absolute Gasteiger partial charge is 0.494 e. The number of anilines is 1. The van der Waals surface area contributed by atoms with E-state index in [2.05, 4.69) is 20.8 Å². The van der Waals surface area contributed by atoms with E-state index < -0.39 is 0 Å². The van der Waals surface area contributed by atoms with Crippen LogP contribution in [0, 0.1) is 20.8 Å². The van der Waals surface area contributed by atoms with Crippen LogP contribution in [-0.2, 0) is 4.79 Å². The van der Waals surface area contributed by atoms with Crippen molar-refractivity contribution in [1.29, 1.82) is 0 Å². The number of amides is 1. The Bertz CT molecular complexity index is 653. The van der Waals surface area contributed by atoms with Crippen LogP contribution >= 0.6 is 0 Å². The number of carbonyl (C=O) groups excluding carboxylic acids is 1.